The van der Waals surface area contributed by atoms with E-state index in [-0.39, 0.29) is 23.9 Å². The molecule has 132 valence electrons. The molecule has 1 saturated carbocycles. The molecule has 25 heavy (non-hydrogen) atoms. The lowest BCUT2D eigenvalue weighted by atomic mass is 9.89. The lowest BCUT2D eigenvalue weighted by molar-refractivity contribution is -0.123. The van der Waals surface area contributed by atoms with Crippen LogP contribution < -0.4 is 10.6 Å². The number of dihydropyridines is 1. The van der Waals surface area contributed by atoms with E-state index in [9.17, 15) is 14.3 Å². The van der Waals surface area contributed by atoms with Crippen molar-refractivity contribution in [3.63, 3.8) is 0 Å². The Morgan fingerprint density at radius 2 is 2.08 bits per heavy atom. The maximum absolute atomic E-state index is 13.1. The van der Waals surface area contributed by atoms with E-state index in [4.69, 9.17) is 0 Å². The van der Waals surface area contributed by atoms with Gasteiger partial charge in [0.15, 0.2) is 0 Å². The Bertz CT molecular complexity index is 725. The van der Waals surface area contributed by atoms with Crippen LogP contribution in [0.15, 0.2) is 48.2 Å². The van der Waals surface area contributed by atoms with E-state index in [1.54, 1.807) is 30.5 Å². The maximum Gasteiger partial charge on any atom is 0.246 e. The molecular weight excluding hydrogens is 319 g/mol. The summed E-state index contributed by atoms with van der Waals surface area (Å²) < 4.78 is 13.1. The molecule has 0 spiro atoms. The number of aliphatic hydroxyl groups excluding tert-OH is 1. The molecule has 0 radical (unpaired) electrons. The Morgan fingerprint density at radius 1 is 1.32 bits per heavy atom. The van der Waals surface area contributed by atoms with Crippen molar-refractivity contribution in [2.45, 2.75) is 44.9 Å². The fraction of sp³-hybridized carbons (Fsp3) is 0.350. The summed E-state index contributed by atoms with van der Waals surface area (Å²) in [5.74, 6) is 5.36. The van der Waals surface area contributed by atoms with E-state index in [1.807, 2.05) is 13.8 Å². The first-order valence-electron chi connectivity index (χ1n) is 8.50. The zero-order chi connectivity index (χ0) is 18.2. The average Bonchev–Trinajstić information content (AvgIpc) is 2.61. The third kappa shape index (κ3) is 5.47. The fourth-order valence-corrected chi connectivity index (χ4v) is 2.43. The predicted molar refractivity (Wildman–Crippen MR) is 95.9 cm³/mol. The summed E-state index contributed by atoms with van der Waals surface area (Å²) in [4.78, 5) is 12.0. The molecule has 1 aromatic rings. The van der Waals surface area contributed by atoms with Crippen LogP contribution in [-0.2, 0) is 4.79 Å². The number of nitrogens with one attached hydrogen (secondary N) is 2. The van der Waals surface area contributed by atoms with Crippen molar-refractivity contribution in [2.24, 2.45) is 0 Å². The van der Waals surface area contributed by atoms with Crippen molar-refractivity contribution in [1.29, 1.82) is 0 Å². The molecule has 0 aromatic heterocycles. The minimum absolute atomic E-state index is 0.0610. The number of benzene rings is 1. The maximum atomic E-state index is 13.1. The van der Waals surface area contributed by atoms with Crippen LogP contribution in [-0.4, -0.2) is 29.2 Å². The summed E-state index contributed by atoms with van der Waals surface area (Å²) in [7, 11) is 0. The Hall–Kier alpha value is -2.58. The van der Waals surface area contributed by atoms with E-state index >= 15 is 0 Å². The van der Waals surface area contributed by atoms with Gasteiger partial charge < -0.3 is 15.7 Å². The number of amides is 1. The highest BCUT2D eigenvalue weighted by Crippen LogP contribution is 2.19. The zero-order valence-corrected chi connectivity index (χ0v) is 14.4. The second kappa shape index (κ2) is 9.05. The summed E-state index contributed by atoms with van der Waals surface area (Å²) in [5, 5.41) is 15.1. The Kier molecular flexibility index (Phi) is 6.79. The van der Waals surface area contributed by atoms with Crippen molar-refractivity contribution in [2.75, 3.05) is 0 Å². The van der Waals surface area contributed by atoms with Gasteiger partial charge in [-0.15, -0.1) is 0 Å². The first-order valence-corrected chi connectivity index (χ1v) is 8.50. The molecule has 1 heterocycles. The quantitative estimate of drug-likeness (QED) is 0.723. The molecule has 2 aliphatic rings. The SMILES string of the molecule is CC.O=C(NC1CC(O)C1)C1C=CC(C#Cc2cccc(F)c2)=CN1. The van der Waals surface area contributed by atoms with Crippen molar-refractivity contribution in [3.8, 4) is 11.8 Å². The second-order valence-corrected chi connectivity index (χ2v) is 5.69. The minimum Gasteiger partial charge on any atom is -0.393 e. The van der Waals surface area contributed by atoms with E-state index in [1.165, 1.54) is 12.1 Å². The smallest absolute Gasteiger partial charge is 0.246 e. The zero-order valence-electron chi connectivity index (χ0n) is 14.4. The van der Waals surface area contributed by atoms with Gasteiger partial charge in [-0.25, -0.2) is 4.39 Å². The molecule has 1 aliphatic carbocycles. The van der Waals surface area contributed by atoms with Crippen molar-refractivity contribution in [1.82, 2.24) is 10.6 Å². The summed E-state index contributed by atoms with van der Waals surface area (Å²) in [5.41, 5.74) is 1.32. The van der Waals surface area contributed by atoms with Gasteiger partial charge in [0.05, 0.1) is 6.10 Å². The van der Waals surface area contributed by atoms with Crippen LogP contribution in [0.1, 0.15) is 32.3 Å². The monoisotopic (exact) mass is 342 g/mol. The predicted octanol–water partition coefficient (Wildman–Crippen LogP) is 2.25. The Morgan fingerprint density at radius 3 is 2.68 bits per heavy atom. The van der Waals surface area contributed by atoms with Gasteiger partial charge in [0.25, 0.3) is 0 Å². The summed E-state index contributed by atoms with van der Waals surface area (Å²) >= 11 is 0. The van der Waals surface area contributed by atoms with Gasteiger partial charge in [0.1, 0.15) is 11.9 Å². The van der Waals surface area contributed by atoms with Crippen LogP contribution >= 0.6 is 0 Å². The molecular formula is C20H23FN2O2. The largest absolute Gasteiger partial charge is 0.393 e. The number of hydrogen-bond donors (Lipinski definition) is 3. The van der Waals surface area contributed by atoms with Crippen LogP contribution in [0.25, 0.3) is 0 Å². The summed E-state index contributed by atoms with van der Waals surface area (Å²) in [6.45, 7) is 4.00. The third-order valence-corrected chi connectivity index (χ3v) is 3.80. The highest BCUT2D eigenvalue weighted by Gasteiger charge is 2.30. The normalized spacial score (nSPS) is 23.5. The third-order valence-electron chi connectivity index (χ3n) is 3.80. The van der Waals surface area contributed by atoms with Crippen LogP contribution in [0, 0.1) is 17.7 Å². The molecule has 5 heteroatoms. The molecule has 0 bridgehead atoms. The van der Waals surface area contributed by atoms with Crippen molar-refractivity contribution >= 4 is 5.91 Å². The lowest BCUT2D eigenvalue weighted by Crippen LogP contribution is -2.52. The lowest BCUT2D eigenvalue weighted by Gasteiger charge is -2.33. The molecule has 1 unspecified atom stereocenters. The van der Waals surface area contributed by atoms with E-state index in [2.05, 4.69) is 22.5 Å². The first-order chi connectivity index (χ1) is 12.1. The van der Waals surface area contributed by atoms with Crippen LogP contribution in [0.5, 0.6) is 0 Å². The second-order valence-electron chi connectivity index (χ2n) is 5.69. The molecule has 1 atom stereocenters. The molecule has 1 fully saturated rings. The van der Waals surface area contributed by atoms with Gasteiger partial charge in [0, 0.05) is 23.4 Å². The molecule has 1 aromatic carbocycles. The van der Waals surface area contributed by atoms with Crippen molar-refractivity contribution < 1.29 is 14.3 Å². The van der Waals surface area contributed by atoms with Gasteiger partial charge in [-0.3, -0.25) is 4.79 Å². The van der Waals surface area contributed by atoms with Gasteiger partial charge in [-0.1, -0.05) is 37.8 Å². The number of carbonyl (C=O) groups is 1. The highest BCUT2D eigenvalue weighted by atomic mass is 19.1. The molecule has 1 aliphatic heterocycles. The molecule has 3 N–H and O–H groups in total. The number of rotatable bonds is 2. The number of allylic oxidation sites excluding steroid dienone is 2. The van der Waals surface area contributed by atoms with E-state index in [0.717, 1.165) is 5.57 Å². The fourth-order valence-electron chi connectivity index (χ4n) is 2.43. The number of aliphatic hydroxyl groups is 1. The van der Waals surface area contributed by atoms with Gasteiger partial charge in [0.2, 0.25) is 5.91 Å². The number of halogens is 1. The van der Waals surface area contributed by atoms with Gasteiger partial charge >= 0.3 is 0 Å². The van der Waals surface area contributed by atoms with E-state index < -0.39 is 6.04 Å². The topological polar surface area (TPSA) is 61.4 Å². The molecule has 4 nitrogen and oxygen atoms in total. The Labute approximate surface area is 147 Å². The van der Waals surface area contributed by atoms with Crippen molar-refractivity contribution in [3.05, 3.63) is 59.6 Å². The van der Waals surface area contributed by atoms with Crippen LogP contribution in [0.3, 0.4) is 0 Å². The summed E-state index contributed by atoms with van der Waals surface area (Å²) in [6.07, 6.45) is 6.11. The van der Waals surface area contributed by atoms with Crippen LogP contribution in [0.2, 0.25) is 0 Å². The number of carbonyl (C=O) groups excluding carboxylic acids is 1. The number of hydrogen-bond acceptors (Lipinski definition) is 3. The average molecular weight is 342 g/mol. The highest BCUT2D eigenvalue weighted by molar-refractivity contribution is 5.84. The molecule has 1 amide bonds. The Balaban J connectivity index is 0.00000109. The van der Waals surface area contributed by atoms with Gasteiger partial charge in [-0.05, 0) is 37.1 Å². The van der Waals surface area contributed by atoms with Gasteiger partial charge in [-0.2, -0.15) is 0 Å². The molecule has 0 saturated heterocycles. The standard InChI is InChI=1S/C18H17FN2O2.C2H6/c19-14-3-1-2-12(8-14)4-5-13-6-7-17(20-11-13)18(23)21-15-9-16(22)10-15;1-2/h1-3,6-8,11,15-17,20,22H,9-10H2,(H,21,23);1-2H3. The first kappa shape index (κ1) is 18.8. The van der Waals surface area contributed by atoms with E-state index in [0.29, 0.717) is 18.4 Å². The van der Waals surface area contributed by atoms with Crippen LogP contribution in [0.4, 0.5) is 4.39 Å². The summed E-state index contributed by atoms with van der Waals surface area (Å²) in [6, 6.07) is 5.71. The molecule has 3 rings (SSSR count). The minimum atomic E-state index is -0.438.